The molecule has 252 valence electrons. The van der Waals surface area contributed by atoms with E-state index in [0.29, 0.717) is 0 Å². The smallest absolute Gasteiger partial charge is 0.0703 e. The first-order valence-electron chi connectivity index (χ1n) is 18.1. The quantitative estimate of drug-likeness (QED) is 0.185. The summed E-state index contributed by atoms with van der Waals surface area (Å²) < 4.78 is 0. The lowest BCUT2D eigenvalue weighted by Crippen LogP contribution is -1.87. The van der Waals surface area contributed by atoms with Crippen LogP contribution in [0.3, 0.4) is 0 Å². The first-order chi connectivity index (χ1) is 26.8. The molecule has 4 heteroatoms. The van der Waals surface area contributed by atoms with Crippen molar-refractivity contribution in [3.8, 4) is 44.8 Å². The van der Waals surface area contributed by atoms with Crippen LogP contribution in [0.1, 0.15) is 0 Å². The summed E-state index contributed by atoms with van der Waals surface area (Å²) in [6, 6.07) is 56.6. The zero-order valence-electron chi connectivity index (χ0n) is 29.3. The summed E-state index contributed by atoms with van der Waals surface area (Å²) in [6.07, 6.45) is 11.2. The Kier molecular flexibility index (Phi) is 7.77. The predicted molar refractivity (Wildman–Crippen MR) is 225 cm³/mol. The van der Waals surface area contributed by atoms with Gasteiger partial charge in [-0.3, -0.25) is 19.9 Å². The first-order valence-corrected chi connectivity index (χ1v) is 18.1. The van der Waals surface area contributed by atoms with E-state index in [9.17, 15) is 0 Å². The molecule has 0 atom stereocenters. The van der Waals surface area contributed by atoms with E-state index < -0.39 is 0 Å². The molecule has 0 spiro atoms. The Balaban J connectivity index is 1.25. The molecule has 0 amide bonds. The van der Waals surface area contributed by atoms with Crippen LogP contribution >= 0.6 is 0 Å². The highest BCUT2D eigenvalue weighted by atomic mass is 14.7. The number of nitrogens with zero attached hydrogens (tertiary/aromatic N) is 4. The van der Waals surface area contributed by atoms with E-state index in [0.717, 1.165) is 44.8 Å². The second kappa shape index (κ2) is 13.4. The SMILES string of the molecule is c1ccc2c(c1)c1ccccc1c1cc(-c3ccc(-c4ccncc4)nc3)ccc1c1ccccc1c1ccc(-c3ccc(-c4ccncc4)nc3)cc21. The van der Waals surface area contributed by atoms with Crippen LogP contribution in [-0.4, -0.2) is 19.9 Å². The molecule has 0 aliphatic rings. The molecule has 6 aromatic carbocycles. The summed E-state index contributed by atoms with van der Waals surface area (Å²) in [5, 5.41) is 11.9. The van der Waals surface area contributed by atoms with Crippen LogP contribution in [-0.2, 0) is 0 Å². The molecule has 4 heterocycles. The minimum Gasteiger partial charge on any atom is -0.265 e. The molecule has 10 aromatic rings. The van der Waals surface area contributed by atoms with Gasteiger partial charge in [0.15, 0.2) is 0 Å². The lowest BCUT2D eigenvalue weighted by molar-refractivity contribution is 1.29. The van der Waals surface area contributed by atoms with E-state index in [2.05, 4.69) is 143 Å². The van der Waals surface area contributed by atoms with Crippen molar-refractivity contribution >= 4 is 53.9 Å². The average Bonchev–Trinajstić information content (AvgIpc) is 3.26. The van der Waals surface area contributed by atoms with Crippen molar-refractivity contribution in [2.75, 3.05) is 0 Å². The Morgan fingerprint density at radius 2 is 0.556 bits per heavy atom. The third-order valence-corrected chi connectivity index (χ3v) is 10.4. The van der Waals surface area contributed by atoms with Gasteiger partial charge in [0.1, 0.15) is 0 Å². The third-order valence-electron chi connectivity index (χ3n) is 10.4. The second-order valence-electron chi connectivity index (χ2n) is 13.5. The fourth-order valence-corrected chi connectivity index (χ4v) is 7.74. The van der Waals surface area contributed by atoms with E-state index in [1.807, 2.05) is 36.7 Å². The van der Waals surface area contributed by atoms with Crippen molar-refractivity contribution in [1.82, 2.24) is 19.9 Å². The molecule has 0 saturated carbocycles. The van der Waals surface area contributed by atoms with Gasteiger partial charge in [0.05, 0.1) is 11.4 Å². The van der Waals surface area contributed by atoms with Crippen LogP contribution in [0.15, 0.2) is 195 Å². The summed E-state index contributed by atoms with van der Waals surface area (Å²) in [4.78, 5) is 18.0. The molecule has 4 nitrogen and oxygen atoms in total. The van der Waals surface area contributed by atoms with Gasteiger partial charge < -0.3 is 0 Å². The normalized spacial score (nSPS) is 11.3. The average molecular weight is 689 g/mol. The van der Waals surface area contributed by atoms with Crippen molar-refractivity contribution in [3.05, 3.63) is 195 Å². The van der Waals surface area contributed by atoms with Gasteiger partial charge in [0, 0.05) is 59.4 Å². The zero-order valence-corrected chi connectivity index (χ0v) is 29.3. The molecule has 0 unspecified atom stereocenters. The monoisotopic (exact) mass is 688 g/mol. The summed E-state index contributed by atoms with van der Waals surface area (Å²) in [7, 11) is 0. The minimum absolute atomic E-state index is 0.927. The van der Waals surface area contributed by atoms with Crippen LogP contribution in [0, 0.1) is 0 Å². The molecule has 0 fully saturated rings. The summed E-state index contributed by atoms with van der Waals surface area (Å²) in [5.74, 6) is 0. The van der Waals surface area contributed by atoms with Crippen molar-refractivity contribution in [1.29, 1.82) is 0 Å². The molecule has 10 rings (SSSR count). The van der Waals surface area contributed by atoms with Crippen molar-refractivity contribution in [2.24, 2.45) is 0 Å². The van der Waals surface area contributed by atoms with Crippen LogP contribution < -0.4 is 0 Å². The molecule has 0 radical (unpaired) electrons. The number of benzene rings is 5. The number of rotatable bonds is 4. The van der Waals surface area contributed by atoms with Gasteiger partial charge in [-0.15, -0.1) is 0 Å². The standard InChI is InChI=1S/C50H32N4/c1-2-10-42-41(9-1)45-17-13-35(37-15-19-49(53-31-37)33-21-25-51-26-22-33)29-47(45)43-11-5-3-7-39(43)40-8-4-6-12-44(40)48-30-36(14-18-46(42)48)38-16-20-50(54-32-38)34-23-27-52-28-24-34/h1-32H. The summed E-state index contributed by atoms with van der Waals surface area (Å²) in [6.45, 7) is 0. The highest BCUT2D eigenvalue weighted by Gasteiger charge is 2.12. The topological polar surface area (TPSA) is 51.6 Å². The first kappa shape index (κ1) is 31.4. The van der Waals surface area contributed by atoms with E-state index in [1.165, 1.54) is 53.9 Å². The number of aromatic nitrogens is 4. The molecule has 0 aliphatic carbocycles. The molecular weight excluding hydrogens is 657 g/mol. The third kappa shape index (κ3) is 5.58. The Bertz CT molecular complexity index is 2800. The highest BCUT2D eigenvalue weighted by molar-refractivity contribution is 6.26. The number of hydrogen-bond donors (Lipinski definition) is 0. The van der Waals surface area contributed by atoms with Gasteiger partial charge in [-0.2, -0.15) is 0 Å². The largest absolute Gasteiger partial charge is 0.265 e. The van der Waals surface area contributed by atoms with E-state index in [1.54, 1.807) is 24.8 Å². The van der Waals surface area contributed by atoms with Crippen molar-refractivity contribution < 1.29 is 0 Å². The maximum atomic E-state index is 4.85. The predicted octanol–water partition coefficient (Wildman–Crippen LogP) is 12.8. The maximum absolute atomic E-state index is 4.85. The highest BCUT2D eigenvalue weighted by Crippen LogP contribution is 2.38. The van der Waals surface area contributed by atoms with Crippen LogP contribution in [0.5, 0.6) is 0 Å². The fraction of sp³-hybridized carbons (Fsp3) is 0. The Hall–Kier alpha value is -7.30. The van der Waals surface area contributed by atoms with Gasteiger partial charge in [0.25, 0.3) is 0 Å². The van der Waals surface area contributed by atoms with E-state index in [-0.39, 0.29) is 0 Å². The number of fused-ring (bicyclic) bond motifs is 10. The van der Waals surface area contributed by atoms with Crippen molar-refractivity contribution in [2.45, 2.75) is 0 Å². The molecule has 0 aliphatic heterocycles. The lowest BCUT2D eigenvalue weighted by atomic mass is 9.92. The summed E-state index contributed by atoms with van der Waals surface area (Å²) >= 11 is 0. The van der Waals surface area contributed by atoms with E-state index >= 15 is 0 Å². The molecule has 0 bridgehead atoms. The zero-order chi connectivity index (χ0) is 35.8. The van der Waals surface area contributed by atoms with Gasteiger partial charge in [-0.25, -0.2) is 0 Å². The Labute approximate surface area is 312 Å². The number of pyridine rings is 4. The number of hydrogen-bond acceptors (Lipinski definition) is 4. The molecular formula is C50H32N4. The Morgan fingerprint density at radius 3 is 0.889 bits per heavy atom. The van der Waals surface area contributed by atoms with Crippen molar-refractivity contribution in [3.63, 3.8) is 0 Å². The molecule has 0 saturated heterocycles. The summed E-state index contributed by atoms with van der Waals surface area (Å²) in [5.41, 5.74) is 8.33. The minimum atomic E-state index is 0.927. The molecule has 0 N–H and O–H groups in total. The molecule has 54 heavy (non-hydrogen) atoms. The lowest BCUT2D eigenvalue weighted by Gasteiger charge is -2.12. The van der Waals surface area contributed by atoms with Crippen LogP contribution in [0.2, 0.25) is 0 Å². The molecule has 4 aromatic heterocycles. The van der Waals surface area contributed by atoms with Gasteiger partial charge >= 0.3 is 0 Å². The fourth-order valence-electron chi connectivity index (χ4n) is 7.74. The van der Waals surface area contributed by atoms with Gasteiger partial charge in [-0.05, 0) is 114 Å². The maximum Gasteiger partial charge on any atom is 0.0703 e. The van der Waals surface area contributed by atoms with Crippen LogP contribution in [0.25, 0.3) is 98.6 Å². The van der Waals surface area contributed by atoms with Gasteiger partial charge in [-0.1, -0.05) is 109 Å². The van der Waals surface area contributed by atoms with Crippen LogP contribution in [0.4, 0.5) is 0 Å². The Morgan fingerprint density at radius 1 is 0.241 bits per heavy atom. The van der Waals surface area contributed by atoms with E-state index in [4.69, 9.17) is 9.97 Å². The van der Waals surface area contributed by atoms with Gasteiger partial charge in [0.2, 0.25) is 0 Å². The second-order valence-corrected chi connectivity index (χ2v) is 13.5.